The van der Waals surface area contributed by atoms with E-state index >= 15 is 0 Å². The molecule has 4 heterocycles. The second-order valence-corrected chi connectivity index (χ2v) is 8.51. The highest BCUT2D eigenvalue weighted by molar-refractivity contribution is 5.93. The van der Waals surface area contributed by atoms with Crippen molar-refractivity contribution in [3.63, 3.8) is 0 Å². The number of ether oxygens (including phenoxy) is 2. The SMILES string of the molecule is Cn1nc(-c2ccccc2)cc1C(=O)N1CCCC(c2nnc(-c3ccc4c(c3)OCO4)o2)C1. The van der Waals surface area contributed by atoms with Gasteiger partial charge in [-0.05, 0) is 37.1 Å². The Hall–Kier alpha value is -4.14. The van der Waals surface area contributed by atoms with Crippen molar-refractivity contribution in [3.8, 4) is 34.2 Å². The van der Waals surface area contributed by atoms with Crippen LogP contribution < -0.4 is 9.47 Å². The molecule has 4 aromatic rings. The third-order valence-electron chi connectivity index (χ3n) is 6.29. The van der Waals surface area contributed by atoms with Gasteiger partial charge < -0.3 is 18.8 Å². The van der Waals surface area contributed by atoms with Crippen LogP contribution in [0.25, 0.3) is 22.7 Å². The molecule has 1 fully saturated rings. The second-order valence-electron chi connectivity index (χ2n) is 8.51. The van der Waals surface area contributed by atoms with Gasteiger partial charge >= 0.3 is 0 Å². The fraction of sp³-hybridized carbons (Fsp3) is 0.280. The lowest BCUT2D eigenvalue weighted by molar-refractivity contribution is 0.0687. The van der Waals surface area contributed by atoms with Crippen LogP contribution in [-0.2, 0) is 7.05 Å². The van der Waals surface area contributed by atoms with Crippen molar-refractivity contribution < 1.29 is 18.7 Å². The van der Waals surface area contributed by atoms with E-state index in [4.69, 9.17) is 13.9 Å². The van der Waals surface area contributed by atoms with Crippen molar-refractivity contribution in [2.75, 3.05) is 19.9 Å². The van der Waals surface area contributed by atoms with Crippen molar-refractivity contribution in [2.45, 2.75) is 18.8 Å². The van der Waals surface area contributed by atoms with Gasteiger partial charge in [0.1, 0.15) is 5.69 Å². The van der Waals surface area contributed by atoms with E-state index in [0.29, 0.717) is 42.1 Å². The number of rotatable bonds is 4. The lowest BCUT2D eigenvalue weighted by Gasteiger charge is -2.31. The minimum Gasteiger partial charge on any atom is -0.454 e. The minimum atomic E-state index is -0.0441. The molecule has 2 aromatic heterocycles. The topological polar surface area (TPSA) is 95.5 Å². The number of piperidine rings is 1. The number of fused-ring (bicyclic) bond motifs is 1. The predicted molar refractivity (Wildman–Crippen MR) is 122 cm³/mol. The van der Waals surface area contributed by atoms with Gasteiger partial charge in [0, 0.05) is 31.3 Å². The van der Waals surface area contributed by atoms with Crippen LogP contribution in [0.4, 0.5) is 0 Å². The van der Waals surface area contributed by atoms with Crippen molar-refractivity contribution in [2.24, 2.45) is 7.05 Å². The molecular formula is C25H23N5O4. The number of carbonyl (C=O) groups excluding carboxylic acids is 1. The van der Waals surface area contributed by atoms with Crippen LogP contribution in [0.3, 0.4) is 0 Å². The van der Waals surface area contributed by atoms with Crippen molar-refractivity contribution in [1.29, 1.82) is 0 Å². The fourth-order valence-corrected chi connectivity index (χ4v) is 4.49. The van der Waals surface area contributed by atoms with Gasteiger partial charge in [0.15, 0.2) is 11.5 Å². The molecule has 2 aliphatic rings. The normalized spacial score (nSPS) is 17.2. The molecule has 0 radical (unpaired) electrons. The molecule has 1 saturated heterocycles. The van der Waals surface area contributed by atoms with Gasteiger partial charge in [0.05, 0.1) is 11.6 Å². The first-order chi connectivity index (χ1) is 16.7. The number of likely N-dealkylation sites (tertiary alicyclic amines) is 1. The van der Waals surface area contributed by atoms with E-state index in [0.717, 1.165) is 29.7 Å². The molecule has 1 amide bonds. The van der Waals surface area contributed by atoms with Gasteiger partial charge in [0.25, 0.3) is 5.91 Å². The first kappa shape index (κ1) is 20.5. The summed E-state index contributed by atoms with van der Waals surface area (Å²) < 4.78 is 18.5. The first-order valence-corrected chi connectivity index (χ1v) is 11.3. The summed E-state index contributed by atoms with van der Waals surface area (Å²) in [7, 11) is 1.80. The van der Waals surface area contributed by atoms with Crippen molar-refractivity contribution >= 4 is 5.91 Å². The van der Waals surface area contributed by atoms with Crippen LogP contribution in [0.1, 0.15) is 35.1 Å². The van der Waals surface area contributed by atoms with Crippen LogP contribution in [0.2, 0.25) is 0 Å². The number of hydrogen-bond acceptors (Lipinski definition) is 7. The van der Waals surface area contributed by atoms with E-state index in [1.807, 2.05) is 59.5 Å². The molecule has 1 atom stereocenters. The molecule has 0 saturated carbocycles. The van der Waals surface area contributed by atoms with Gasteiger partial charge in [-0.15, -0.1) is 10.2 Å². The van der Waals surface area contributed by atoms with E-state index in [2.05, 4.69) is 15.3 Å². The lowest BCUT2D eigenvalue weighted by Crippen LogP contribution is -2.40. The smallest absolute Gasteiger partial charge is 0.272 e. The number of aryl methyl sites for hydroxylation is 1. The van der Waals surface area contributed by atoms with Crippen LogP contribution in [-0.4, -0.2) is 50.7 Å². The minimum absolute atomic E-state index is 0.0187. The summed E-state index contributed by atoms with van der Waals surface area (Å²) in [6.45, 7) is 1.42. The third-order valence-corrected chi connectivity index (χ3v) is 6.29. The highest BCUT2D eigenvalue weighted by Gasteiger charge is 2.30. The Morgan fingerprint density at radius 2 is 1.85 bits per heavy atom. The maximum Gasteiger partial charge on any atom is 0.272 e. The number of carbonyl (C=O) groups is 1. The van der Waals surface area contributed by atoms with E-state index in [1.165, 1.54) is 0 Å². The number of aromatic nitrogens is 4. The monoisotopic (exact) mass is 457 g/mol. The molecule has 172 valence electrons. The summed E-state index contributed by atoms with van der Waals surface area (Å²) in [5, 5.41) is 13.1. The molecule has 9 nitrogen and oxygen atoms in total. The Labute approximate surface area is 195 Å². The highest BCUT2D eigenvalue weighted by Crippen LogP contribution is 2.36. The summed E-state index contributed by atoms with van der Waals surface area (Å²) in [6, 6.07) is 17.2. The maximum absolute atomic E-state index is 13.3. The zero-order valence-corrected chi connectivity index (χ0v) is 18.7. The Kier molecular flexibility index (Phi) is 5.01. The van der Waals surface area contributed by atoms with Crippen LogP contribution in [0.15, 0.2) is 59.0 Å². The number of hydrogen-bond donors (Lipinski definition) is 0. The van der Waals surface area contributed by atoms with Gasteiger partial charge in [0.2, 0.25) is 18.6 Å². The quantitative estimate of drug-likeness (QED) is 0.459. The second kappa shape index (κ2) is 8.33. The number of amides is 1. The van der Waals surface area contributed by atoms with Crippen LogP contribution >= 0.6 is 0 Å². The van der Waals surface area contributed by atoms with E-state index < -0.39 is 0 Å². The molecule has 0 N–H and O–H groups in total. The van der Waals surface area contributed by atoms with E-state index in [9.17, 15) is 4.79 Å². The molecule has 6 rings (SSSR count). The lowest BCUT2D eigenvalue weighted by atomic mass is 9.97. The maximum atomic E-state index is 13.3. The standard InChI is InChI=1S/C25H23N5O4/c1-29-20(13-19(28-29)16-6-3-2-4-7-16)25(31)30-11-5-8-18(14-30)24-27-26-23(34-24)17-9-10-21-22(12-17)33-15-32-21/h2-4,6-7,9-10,12-13,18H,5,8,11,14-15H2,1H3. The number of benzene rings is 2. The molecule has 9 heteroatoms. The van der Waals surface area contributed by atoms with Crippen molar-refractivity contribution in [1.82, 2.24) is 24.9 Å². The third kappa shape index (κ3) is 3.68. The summed E-state index contributed by atoms with van der Waals surface area (Å²) in [5.41, 5.74) is 3.10. The average molecular weight is 457 g/mol. The molecule has 2 aromatic carbocycles. The molecule has 0 bridgehead atoms. The Morgan fingerprint density at radius 1 is 1.00 bits per heavy atom. The predicted octanol–water partition coefficient (Wildman–Crippen LogP) is 3.89. The summed E-state index contributed by atoms with van der Waals surface area (Å²) >= 11 is 0. The Balaban J connectivity index is 1.19. The number of nitrogens with zero attached hydrogens (tertiary/aromatic N) is 5. The van der Waals surface area contributed by atoms with Crippen LogP contribution in [0.5, 0.6) is 11.5 Å². The molecule has 1 unspecified atom stereocenters. The van der Waals surface area contributed by atoms with E-state index in [1.54, 1.807) is 11.7 Å². The Morgan fingerprint density at radius 3 is 2.74 bits per heavy atom. The molecule has 0 aliphatic carbocycles. The van der Waals surface area contributed by atoms with Crippen molar-refractivity contribution in [3.05, 3.63) is 66.2 Å². The highest BCUT2D eigenvalue weighted by atomic mass is 16.7. The Bertz CT molecular complexity index is 1350. The first-order valence-electron chi connectivity index (χ1n) is 11.3. The summed E-state index contributed by atoms with van der Waals surface area (Å²) in [4.78, 5) is 15.2. The van der Waals surface area contributed by atoms with Gasteiger partial charge in [-0.25, -0.2) is 0 Å². The summed E-state index contributed by atoms with van der Waals surface area (Å²) in [6.07, 6.45) is 1.74. The summed E-state index contributed by atoms with van der Waals surface area (Å²) in [5.74, 6) is 2.27. The van der Waals surface area contributed by atoms with E-state index in [-0.39, 0.29) is 18.6 Å². The molecule has 34 heavy (non-hydrogen) atoms. The average Bonchev–Trinajstić information content (AvgIpc) is 3.63. The zero-order valence-electron chi connectivity index (χ0n) is 18.7. The van der Waals surface area contributed by atoms with Gasteiger partial charge in [-0.1, -0.05) is 30.3 Å². The molecule has 2 aliphatic heterocycles. The fourth-order valence-electron chi connectivity index (χ4n) is 4.49. The van der Waals surface area contributed by atoms with Crippen LogP contribution in [0, 0.1) is 0 Å². The molecule has 0 spiro atoms. The largest absolute Gasteiger partial charge is 0.454 e. The van der Waals surface area contributed by atoms with Gasteiger partial charge in [-0.3, -0.25) is 9.48 Å². The zero-order chi connectivity index (χ0) is 23.1. The molecular weight excluding hydrogens is 434 g/mol. The van der Waals surface area contributed by atoms with Gasteiger partial charge in [-0.2, -0.15) is 5.10 Å².